The van der Waals surface area contributed by atoms with Gasteiger partial charge in [-0.25, -0.2) is 0 Å². The van der Waals surface area contributed by atoms with Gasteiger partial charge in [-0.05, 0) is 32.4 Å². The molecule has 1 aliphatic heterocycles. The molecule has 1 heterocycles. The number of halogens is 1. The van der Waals surface area contributed by atoms with Gasteiger partial charge in [0.1, 0.15) is 0 Å². The predicted octanol–water partition coefficient (Wildman–Crippen LogP) is 0.971. The van der Waals surface area contributed by atoms with E-state index in [1.54, 1.807) is 0 Å². The molecule has 0 aromatic rings. The lowest BCUT2D eigenvalue weighted by Crippen LogP contribution is -2.18. The van der Waals surface area contributed by atoms with Gasteiger partial charge in [0, 0.05) is 0 Å². The van der Waals surface area contributed by atoms with E-state index in [1.165, 1.54) is 7.11 Å². The van der Waals surface area contributed by atoms with Crippen LogP contribution in [0.15, 0.2) is 0 Å². The molecule has 1 aliphatic rings. The molecule has 1 atom stereocenters. The lowest BCUT2D eigenvalue weighted by molar-refractivity contribution is -0.145. The van der Waals surface area contributed by atoms with Crippen LogP contribution in [0.2, 0.25) is 0 Å². The summed E-state index contributed by atoms with van der Waals surface area (Å²) in [7, 11) is 1.46. The Hall–Kier alpha value is -0.280. The first-order chi connectivity index (χ1) is 5.34. The topological polar surface area (TPSA) is 38.3 Å². The van der Waals surface area contributed by atoms with E-state index in [-0.39, 0.29) is 24.3 Å². The molecule has 0 spiro atoms. The largest absolute Gasteiger partial charge is 0.469 e. The smallest absolute Gasteiger partial charge is 0.308 e. The van der Waals surface area contributed by atoms with Crippen LogP contribution >= 0.6 is 12.4 Å². The zero-order valence-corrected chi connectivity index (χ0v) is 8.15. The number of hydrogen-bond donors (Lipinski definition) is 1. The summed E-state index contributed by atoms with van der Waals surface area (Å²) in [4.78, 5) is 11.1. The third kappa shape index (κ3) is 3.41. The van der Waals surface area contributed by atoms with Crippen molar-refractivity contribution in [3.63, 3.8) is 0 Å². The van der Waals surface area contributed by atoms with E-state index in [9.17, 15) is 4.79 Å². The first kappa shape index (κ1) is 11.7. The molecule has 0 aromatic heterocycles. The maximum Gasteiger partial charge on any atom is 0.308 e. The summed E-state index contributed by atoms with van der Waals surface area (Å²) in [6.45, 7) is 1.98. The number of esters is 1. The van der Waals surface area contributed by atoms with Gasteiger partial charge in [-0.15, -0.1) is 12.4 Å². The molecule has 0 unspecified atom stereocenters. The minimum Gasteiger partial charge on any atom is -0.469 e. The number of hydrogen-bond acceptors (Lipinski definition) is 3. The van der Waals surface area contributed by atoms with Crippen molar-refractivity contribution in [1.82, 2.24) is 5.32 Å². The van der Waals surface area contributed by atoms with Crippen LogP contribution in [0.3, 0.4) is 0 Å². The van der Waals surface area contributed by atoms with Gasteiger partial charge in [0.05, 0.1) is 13.0 Å². The van der Waals surface area contributed by atoms with Crippen molar-refractivity contribution in [2.75, 3.05) is 20.2 Å². The lowest BCUT2D eigenvalue weighted by atomic mass is 10.0. The van der Waals surface area contributed by atoms with Crippen molar-refractivity contribution in [3.05, 3.63) is 0 Å². The highest BCUT2D eigenvalue weighted by atomic mass is 35.5. The van der Waals surface area contributed by atoms with E-state index in [1.807, 2.05) is 0 Å². The van der Waals surface area contributed by atoms with Gasteiger partial charge in [-0.2, -0.15) is 0 Å². The Morgan fingerprint density at radius 3 is 2.83 bits per heavy atom. The minimum absolute atomic E-state index is 0. The van der Waals surface area contributed by atoms with Gasteiger partial charge in [-0.1, -0.05) is 0 Å². The molecule has 1 fully saturated rings. The molecule has 0 bridgehead atoms. The molecule has 4 heteroatoms. The Bertz CT molecular complexity index is 133. The van der Waals surface area contributed by atoms with Crippen molar-refractivity contribution in [1.29, 1.82) is 0 Å². The van der Waals surface area contributed by atoms with Crippen LogP contribution < -0.4 is 5.32 Å². The van der Waals surface area contributed by atoms with Crippen LogP contribution in [-0.2, 0) is 9.53 Å². The second kappa shape index (κ2) is 6.26. The third-order valence-electron chi connectivity index (χ3n) is 2.11. The Kier molecular flexibility index (Phi) is 6.11. The second-order valence-corrected chi connectivity index (χ2v) is 2.90. The average Bonchev–Trinajstić information content (AvgIpc) is 2.30. The summed E-state index contributed by atoms with van der Waals surface area (Å²) < 4.78 is 4.68. The van der Waals surface area contributed by atoms with Crippen LogP contribution in [0, 0.1) is 5.92 Å². The number of methoxy groups -OCH3 is 1. The van der Waals surface area contributed by atoms with E-state index in [2.05, 4.69) is 10.1 Å². The number of nitrogens with one attached hydrogen (secondary N) is 1. The second-order valence-electron chi connectivity index (χ2n) is 2.90. The monoisotopic (exact) mass is 193 g/mol. The van der Waals surface area contributed by atoms with Gasteiger partial charge in [0.15, 0.2) is 0 Å². The number of carbonyl (C=O) groups excluding carboxylic acids is 1. The SMILES string of the molecule is COC(=O)[C@@H]1CCCNCC1.Cl. The summed E-state index contributed by atoms with van der Waals surface area (Å²) in [6.07, 6.45) is 2.98. The normalized spacial score (nSPS) is 23.6. The average molecular weight is 194 g/mol. The quantitative estimate of drug-likeness (QED) is 0.631. The third-order valence-corrected chi connectivity index (χ3v) is 2.11. The van der Waals surface area contributed by atoms with Gasteiger partial charge >= 0.3 is 5.97 Å². The zero-order chi connectivity index (χ0) is 8.10. The first-order valence-electron chi connectivity index (χ1n) is 4.13. The molecule has 12 heavy (non-hydrogen) atoms. The highest BCUT2D eigenvalue weighted by molar-refractivity contribution is 5.85. The molecular weight excluding hydrogens is 178 g/mol. The molecule has 0 radical (unpaired) electrons. The molecular formula is C8H16ClNO2. The summed E-state index contributed by atoms with van der Waals surface area (Å²) in [5.74, 6) is 0.0868. The standard InChI is InChI=1S/C8H15NO2.ClH/c1-11-8(10)7-3-2-5-9-6-4-7;/h7,9H,2-6H2,1H3;1H/t7-;/m1./s1. The number of ether oxygens (including phenoxy) is 1. The Balaban J connectivity index is 0.00000121. The molecule has 72 valence electrons. The van der Waals surface area contributed by atoms with Crippen molar-refractivity contribution in [3.8, 4) is 0 Å². The fourth-order valence-corrected chi connectivity index (χ4v) is 1.42. The van der Waals surface area contributed by atoms with E-state index in [4.69, 9.17) is 0 Å². The molecule has 1 N–H and O–H groups in total. The maximum atomic E-state index is 11.1. The fourth-order valence-electron chi connectivity index (χ4n) is 1.42. The van der Waals surface area contributed by atoms with Crippen LogP contribution in [-0.4, -0.2) is 26.2 Å². The predicted molar refractivity (Wildman–Crippen MR) is 49.5 cm³/mol. The van der Waals surface area contributed by atoms with Crippen molar-refractivity contribution in [2.45, 2.75) is 19.3 Å². The highest BCUT2D eigenvalue weighted by Crippen LogP contribution is 2.14. The summed E-state index contributed by atoms with van der Waals surface area (Å²) in [5, 5.41) is 3.25. The number of rotatable bonds is 1. The van der Waals surface area contributed by atoms with Gasteiger partial charge < -0.3 is 10.1 Å². The Morgan fingerprint density at radius 1 is 1.42 bits per heavy atom. The van der Waals surface area contributed by atoms with Gasteiger partial charge in [0.25, 0.3) is 0 Å². The van der Waals surface area contributed by atoms with E-state index >= 15 is 0 Å². The van der Waals surface area contributed by atoms with Crippen LogP contribution in [0.1, 0.15) is 19.3 Å². The Morgan fingerprint density at radius 2 is 2.17 bits per heavy atom. The van der Waals surface area contributed by atoms with Crippen LogP contribution in [0.25, 0.3) is 0 Å². The zero-order valence-electron chi connectivity index (χ0n) is 7.34. The molecule has 0 aliphatic carbocycles. The lowest BCUT2D eigenvalue weighted by Gasteiger charge is -2.09. The summed E-state index contributed by atoms with van der Waals surface area (Å²) >= 11 is 0. The molecule has 0 aromatic carbocycles. The van der Waals surface area contributed by atoms with E-state index < -0.39 is 0 Å². The molecule has 3 nitrogen and oxygen atoms in total. The minimum atomic E-state index is -0.0475. The van der Waals surface area contributed by atoms with Crippen LogP contribution in [0.5, 0.6) is 0 Å². The maximum absolute atomic E-state index is 11.1. The van der Waals surface area contributed by atoms with Crippen molar-refractivity contribution >= 4 is 18.4 Å². The van der Waals surface area contributed by atoms with E-state index in [0.29, 0.717) is 0 Å². The fraction of sp³-hybridized carbons (Fsp3) is 0.875. The number of carbonyl (C=O) groups is 1. The Labute approximate surface area is 79.3 Å². The molecule has 1 saturated heterocycles. The molecule has 0 saturated carbocycles. The first-order valence-corrected chi connectivity index (χ1v) is 4.13. The molecule has 0 amide bonds. The van der Waals surface area contributed by atoms with Crippen molar-refractivity contribution in [2.24, 2.45) is 5.92 Å². The summed E-state index contributed by atoms with van der Waals surface area (Å²) in [5.41, 5.74) is 0. The van der Waals surface area contributed by atoms with Gasteiger partial charge in [-0.3, -0.25) is 4.79 Å². The van der Waals surface area contributed by atoms with Crippen molar-refractivity contribution < 1.29 is 9.53 Å². The summed E-state index contributed by atoms with van der Waals surface area (Å²) in [6, 6.07) is 0. The molecule has 1 rings (SSSR count). The van der Waals surface area contributed by atoms with E-state index in [0.717, 1.165) is 32.4 Å². The van der Waals surface area contributed by atoms with Crippen LogP contribution in [0.4, 0.5) is 0 Å². The highest BCUT2D eigenvalue weighted by Gasteiger charge is 2.19. The van der Waals surface area contributed by atoms with Gasteiger partial charge in [0.2, 0.25) is 0 Å².